The molecule has 2 aromatic rings. The highest BCUT2D eigenvalue weighted by molar-refractivity contribution is 6.33. The maximum absolute atomic E-state index is 6.04. The molecule has 1 heterocycles. The van der Waals surface area contributed by atoms with Gasteiger partial charge in [0.15, 0.2) is 5.82 Å². The third-order valence-corrected chi connectivity index (χ3v) is 2.71. The van der Waals surface area contributed by atoms with E-state index in [1.54, 1.807) is 23.1 Å². The maximum atomic E-state index is 6.04. The Morgan fingerprint density at radius 1 is 1.31 bits per heavy atom. The van der Waals surface area contributed by atoms with Crippen LogP contribution in [0.2, 0.25) is 10.0 Å². The summed E-state index contributed by atoms with van der Waals surface area (Å²) in [7, 11) is 0. The summed E-state index contributed by atoms with van der Waals surface area (Å²) in [5.41, 5.74) is 6.33. The highest BCUT2D eigenvalue weighted by Gasteiger charge is 2.04. The minimum absolute atomic E-state index is 0.330. The molecule has 0 aliphatic carbocycles. The first kappa shape index (κ1) is 11.4. The maximum Gasteiger partial charge on any atom is 0.164 e. The first-order valence-corrected chi connectivity index (χ1v) is 5.47. The zero-order valence-corrected chi connectivity index (χ0v) is 9.91. The van der Waals surface area contributed by atoms with Crippen LogP contribution < -0.4 is 5.73 Å². The second kappa shape index (κ2) is 4.82. The minimum atomic E-state index is 0.330. The summed E-state index contributed by atoms with van der Waals surface area (Å²) in [5.74, 6) is 0.609. The van der Waals surface area contributed by atoms with Gasteiger partial charge in [-0.1, -0.05) is 23.2 Å². The van der Waals surface area contributed by atoms with Crippen LogP contribution in [0.15, 0.2) is 24.5 Å². The third kappa shape index (κ3) is 2.52. The molecule has 0 unspecified atom stereocenters. The Bertz CT molecular complexity index is 495. The molecular weight excluding hydrogens is 247 g/mol. The molecule has 0 spiro atoms. The van der Waals surface area contributed by atoms with Gasteiger partial charge in [0, 0.05) is 10.0 Å². The predicted molar refractivity (Wildman–Crippen MR) is 63.5 cm³/mol. The molecule has 0 saturated heterocycles. The van der Waals surface area contributed by atoms with Crippen molar-refractivity contribution in [3.8, 4) is 0 Å². The Morgan fingerprint density at radius 2 is 2.12 bits per heavy atom. The Hall–Kier alpha value is -1.10. The molecule has 0 aliphatic rings. The van der Waals surface area contributed by atoms with Crippen LogP contribution in [-0.2, 0) is 13.1 Å². The van der Waals surface area contributed by atoms with Gasteiger partial charge in [0.2, 0.25) is 0 Å². The van der Waals surface area contributed by atoms with E-state index in [4.69, 9.17) is 28.9 Å². The van der Waals surface area contributed by atoms with E-state index in [9.17, 15) is 0 Å². The highest BCUT2D eigenvalue weighted by atomic mass is 35.5. The van der Waals surface area contributed by atoms with Gasteiger partial charge >= 0.3 is 0 Å². The van der Waals surface area contributed by atoms with E-state index in [0.717, 1.165) is 5.56 Å². The van der Waals surface area contributed by atoms with Crippen molar-refractivity contribution in [3.05, 3.63) is 46.0 Å². The van der Waals surface area contributed by atoms with Gasteiger partial charge in [0.05, 0.1) is 13.1 Å². The minimum Gasteiger partial charge on any atom is -0.324 e. The van der Waals surface area contributed by atoms with Crippen LogP contribution in [0.3, 0.4) is 0 Å². The quantitative estimate of drug-likeness (QED) is 0.915. The molecule has 0 radical (unpaired) electrons. The SMILES string of the molecule is NCc1ncn(Cc2cc(Cl)ccc2Cl)n1. The fourth-order valence-electron chi connectivity index (χ4n) is 1.34. The van der Waals surface area contributed by atoms with Gasteiger partial charge in [-0.15, -0.1) is 0 Å². The Kier molecular flexibility index (Phi) is 3.43. The summed E-state index contributed by atoms with van der Waals surface area (Å²) in [4.78, 5) is 4.03. The van der Waals surface area contributed by atoms with Gasteiger partial charge in [-0.2, -0.15) is 5.10 Å². The molecule has 0 atom stereocenters. The van der Waals surface area contributed by atoms with E-state index in [2.05, 4.69) is 10.1 Å². The monoisotopic (exact) mass is 256 g/mol. The van der Waals surface area contributed by atoms with E-state index in [-0.39, 0.29) is 0 Å². The third-order valence-electron chi connectivity index (χ3n) is 2.11. The molecule has 1 aromatic heterocycles. The summed E-state index contributed by atoms with van der Waals surface area (Å²) in [6, 6.07) is 5.33. The van der Waals surface area contributed by atoms with E-state index >= 15 is 0 Å². The molecule has 0 aliphatic heterocycles. The fraction of sp³-hybridized carbons (Fsp3) is 0.200. The van der Waals surface area contributed by atoms with E-state index < -0.39 is 0 Å². The summed E-state index contributed by atoms with van der Waals surface area (Å²) in [6.45, 7) is 0.864. The van der Waals surface area contributed by atoms with Crippen molar-refractivity contribution >= 4 is 23.2 Å². The number of halogens is 2. The van der Waals surface area contributed by atoms with Crippen LogP contribution in [-0.4, -0.2) is 14.8 Å². The van der Waals surface area contributed by atoms with Crippen molar-refractivity contribution in [2.45, 2.75) is 13.1 Å². The average molecular weight is 257 g/mol. The van der Waals surface area contributed by atoms with Crippen molar-refractivity contribution in [1.82, 2.24) is 14.8 Å². The van der Waals surface area contributed by atoms with Gasteiger partial charge in [-0.25, -0.2) is 9.67 Å². The second-order valence-electron chi connectivity index (χ2n) is 3.30. The molecule has 0 bridgehead atoms. The van der Waals surface area contributed by atoms with E-state index in [0.29, 0.717) is 29.0 Å². The largest absolute Gasteiger partial charge is 0.324 e. The molecule has 4 nitrogen and oxygen atoms in total. The first-order chi connectivity index (χ1) is 7.69. The van der Waals surface area contributed by atoms with Gasteiger partial charge < -0.3 is 5.73 Å². The molecule has 0 fully saturated rings. The molecule has 0 saturated carbocycles. The van der Waals surface area contributed by atoms with E-state index in [1.165, 1.54) is 0 Å². The average Bonchev–Trinajstić information content (AvgIpc) is 2.71. The Balaban J connectivity index is 2.22. The van der Waals surface area contributed by atoms with Gasteiger partial charge in [0.1, 0.15) is 6.33 Å². The molecule has 6 heteroatoms. The Morgan fingerprint density at radius 3 is 2.81 bits per heavy atom. The molecule has 2 N–H and O–H groups in total. The summed E-state index contributed by atoms with van der Waals surface area (Å²) in [5, 5.41) is 5.49. The zero-order valence-electron chi connectivity index (χ0n) is 8.40. The lowest BCUT2D eigenvalue weighted by Crippen LogP contribution is -2.04. The predicted octanol–water partition coefficient (Wildman–Crippen LogP) is 2.09. The smallest absolute Gasteiger partial charge is 0.164 e. The molecule has 1 aromatic carbocycles. The zero-order chi connectivity index (χ0) is 11.5. The van der Waals surface area contributed by atoms with Crippen LogP contribution in [0.5, 0.6) is 0 Å². The number of nitrogens with two attached hydrogens (primary N) is 1. The molecule has 84 valence electrons. The number of hydrogen-bond acceptors (Lipinski definition) is 3. The second-order valence-corrected chi connectivity index (χ2v) is 4.14. The number of benzene rings is 1. The number of rotatable bonds is 3. The van der Waals surface area contributed by atoms with Gasteiger partial charge in [0.25, 0.3) is 0 Å². The van der Waals surface area contributed by atoms with Crippen molar-refractivity contribution in [3.63, 3.8) is 0 Å². The summed E-state index contributed by atoms with van der Waals surface area (Å²) in [6.07, 6.45) is 1.62. The number of aromatic nitrogens is 3. The number of nitrogens with zero attached hydrogens (tertiary/aromatic N) is 3. The lowest BCUT2D eigenvalue weighted by molar-refractivity contribution is 0.672. The van der Waals surface area contributed by atoms with Crippen molar-refractivity contribution < 1.29 is 0 Å². The molecule has 0 amide bonds. The van der Waals surface area contributed by atoms with Gasteiger partial charge in [-0.3, -0.25) is 0 Å². The van der Waals surface area contributed by atoms with Crippen molar-refractivity contribution in [2.24, 2.45) is 5.73 Å². The van der Waals surface area contributed by atoms with Crippen LogP contribution in [0.1, 0.15) is 11.4 Å². The lowest BCUT2D eigenvalue weighted by Gasteiger charge is -2.04. The standard InChI is InChI=1S/C10H10Cl2N4/c11-8-1-2-9(12)7(3-8)5-16-6-14-10(4-13)15-16/h1-3,6H,4-5,13H2. The van der Waals surface area contributed by atoms with Crippen LogP contribution in [0.4, 0.5) is 0 Å². The topological polar surface area (TPSA) is 56.7 Å². The van der Waals surface area contributed by atoms with Crippen LogP contribution >= 0.6 is 23.2 Å². The Labute approximate surface area is 103 Å². The number of hydrogen-bond donors (Lipinski definition) is 1. The molecule has 2 rings (SSSR count). The summed E-state index contributed by atoms with van der Waals surface area (Å²) >= 11 is 11.9. The lowest BCUT2D eigenvalue weighted by atomic mass is 10.2. The van der Waals surface area contributed by atoms with Gasteiger partial charge in [-0.05, 0) is 23.8 Å². The summed E-state index contributed by atoms with van der Waals surface area (Å²) < 4.78 is 1.68. The molecular formula is C10H10Cl2N4. The fourth-order valence-corrected chi connectivity index (χ4v) is 1.71. The van der Waals surface area contributed by atoms with Crippen molar-refractivity contribution in [1.29, 1.82) is 0 Å². The molecule has 16 heavy (non-hydrogen) atoms. The van der Waals surface area contributed by atoms with Crippen LogP contribution in [0.25, 0.3) is 0 Å². The van der Waals surface area contributed by atoms with Crippen LogP contribution in [0, 0.1) is 0 Å². The van der Waals surface area contributed by atoms with Crippen molar-refractivity contribution in [2.75, 3.05) is 0 Å². The first-order valence-electron chi connectivity index (χ1n) is 4.71. The highest BCUT2D eigenvalue weighted by Crippen LogP contribution is 2.21. The van der Waals surface area contributed by atoms with E-state index in [1.807, 2.05) is 6.07 Å². The normalized spacial score (nSPS) is 10.7.